The first-order valence-electron chi connectivity index (χ1n) is 3.58. The van der Waals surface area contributed by atoms with Crippen LogP contribution in [0.25, 0.3) is 0 Å². The van der Waals surface area contributed by atoms with Crippen LogP contribution in [-0.2, 0) is 4.79 Å². The molecule has 1 aromatic rings. The van der Waals surface area contributed by atoms with Crippen molar-refractivity contribution >= 4 is 27.9 Å². The maximum Gasteiger partial charge on any atom is 0.226 e. The van der Waals surface area contributed by atoms with Crippen LogP contribution in [0.2, 0.25) is 0 Å². The van der Waals surface area contributed by atoms with E-state index in [4.69, 9.17) is 4.74 Å². The number of halogens is 2. The van der Waals surface area contributed by atoms with E-state index >= 15 is 0 Å². The molecule has 1 aliphatic heterocycles. The summed E-state index contributed by atoms with van der Waals surface area (Å²) in [5.74, 6) is -0.387. The highest BCUT2D eigenvalue weighted by molar-refractivity contribution is 9.10. The molecule has 0 aliphatic carbocycles. The van der Waals surface area contributed by atoms with Crippen LogP contribution in [0.3, 0.4) is 0 Å². The Bertz CT molecular complexity index is 369. The normalized spacial score (nSPS) is 18.8. The van der Waals surface area contributed by atoms with E-state index in [0.717, 1.165) is 0 Å². The van der Waals surface area contributed by atoms with Gasteiger partial charge >= 0.3 is 0 Å². The predicted molar refractivity (Wildman–Crippen MR) is 48.2 cm³/mol. The van der Waals surface area contributed by atoms with Crippen molar-refractivity contribution in [1.82, 2.24) is 0 Å². The zero-order chi connectivity index (χ0) is 9.42. The van der Waals surface area contributed by atoms with Gasteiger partial charge in [0.15, 0.2) is 17.9 Å². The molecule has 1 N–H and O–H groups in total. The van der Waals surface area contributed by atoms with E-state index in [0.29, 0.717) is 16.4 Å². The van der Waals surface area contributed by atoms with Crippen LogP contribution in [0.15, 0.2) is 16.6 Å². The molecule has 13 heavy (non-hydrogen) atoms. The lowest BCUT2D eigenvalue weighted by Gasteiger charge is -2.00. The van der Waals surface area contributed by atoms with Crippen LogP contribution in [0.4, 0.5) is 10.1 Å². The number of fused-ring (bicyclic) bond motifs is 1. The van der Waals surface area contributed by atoms with Crippen LogP contribution in [0.5, 0.6) is 5.75 Å². The number of hydrogen-bond donors (Lipinski definition) is 1. The van der Waals surface area contributed by atoms with Gasteiger partial charge in [0.05, 0.1) is 5.69 Å². The van der Waals surface area contributed by atoms with Crippen molar-refractivity contribution in [3.63, 3.8) is 0 Å². The summed E-state index contributed by atoms with van der Waals surface area (Å²) in [6, 6.07) is 2.94. The van der Waals surface area contributed by atoms with Crippen LogP contribution >= 0.6 is 15.9 Å². The largest absolute Gasteiger partial charge is 0.458 e. The first-order valence-corrected chi connectivity index (χ1v) is 4.37. The minimum absolute atomic E-state index is 0.0975. The summed E-state index contributed by atoms with van der Waals surface area (Å²) < 4.78 is 18.7. The van der Waals surface area contributed by atoms with E-state index in [1.165, 1.54) is 6.07 Å². The fourth-order valence-corrected chi connectivity index (χ4v) is 1.59. The van der Waals surface area contributed by atoms with Gasteiger partial charge in [0.25, 0.3) is 0 Å². The van der Waals surface area contributed by atoms with Gasteiger partial charge in [-0.1, -0.05) is 15.9 Å². The van der Waals surface area contributed by atoms with Crippen molar-refractivity contribution in [1.29, 1.82) is 0 Å². The van der Waals surface area contributed by atoms with Crippen molar-refractivity contribution in [3.05, 3.63) is 22.4 Å². The Morgan fingerprint density at radius 1 is 1.62 bits per heavy atom. The lowest BCUT2D eigenvalue weighted by atomic mass is 10.3. The number of carbonyl (C=O) groups is 1. The molecule has 1 aliphatic rings. The quantitative estimate of drug-likeness (QED) is 0.769. The fraction of sp³-hybridized carbons (Fsp3) is 0.125. The molecule has 1 aromatic carbocycles. The van der Waals surface area contributed by atoms with Crippen LogP contribution in [0, 0.1) is 5.82 Å². The molecule has 0 aromatic heterocycles. The van der Waals surface area contributed by atoms with E-state index in [2.05, 4.69) is 21.2 Å². The summed E-state index contributed by atoms with van der Waals surface area (Å²) in [6.07, 6.45) is -0.202. The average molecular weight is 246 g/mol. The van der Waals surface area contributed by atoms with Gasteiger partial charge in [0, 0.05) is 4.47 Å². The molecular weight excluding hydrogens is 241 g/mol. The summed E-state index contributed by atoms with van der Waals surface area (Å²) in [5, 5.41) is 2.71. The monoisotopic (exact) mass is 245 g/mol. The first-order chi connectivity index (χ1) is 6.20. The number of aldehydes is 1. The highest BCUT2D eigenvalue weighted by atomic mass is 79.9. The molecule has 2 rings (SSSR count). The predicted octanol–water partition coefficient (Wildman–Crippen LogP) is 1.92. The SMILES string of the molecule is O=CC1Nc2cc(Br)cc(F)c2O1. The van der Waals surface area contributed by atoms with E-state index < -0.39 is 12.0 Å². The molecule has 0 amide bonds. The van der Waals surface area contributed by atoms with Crippen molar-refractivity contribution in [2.24, 2.45) is 0 Å². The second kappa shape index (κ2) is 2.99. The van der Waals surface area contributed by atoms with Gasteiger partial charge in [-0.25, -0.2) is 4.39 Å². The van der Waals surface area contributed by atoms with Crippen molar-refractivity contribution in [2.75, 3.05) is 5.32 Å². The number of anilines is 1. The van der Waals surface area contributed by atoms with E-state index in [-0.39, 0.29) is 5.75 Å². The van der Waals surface area contributed by atoms with Gasteiger partial charge in [-0.3, -0.25) is 4.79 Å². The Hall–Kier alpha value is -1.10. The number of carbonyl (C=O) groups excluding carboxylic acids is 1. The molecule has 0 saturated carbocycles. The molecule has 0 radical (unpaired) electrons. The maximum atomic E-state index is 13.2. The van der Waals surface area contributed by atoms with Crippen molar-refractivity contribution in [2.45, 2.75) is 6.23 Å². The van der Waals surface area contributed by atoms with E-state index in [1.807, 2.05) is 0 Å². The van der Waals surface area contributed by atoms with Gasteiger partial charge < -0.3 is 10.1 Å². The molecule has 1 unspecified atom stereocenters. The standard InChI is InChI=1S/C8H5BrFNO2/c9-4-1-5(10)8-6(2-4)11-7(3-12)13-8/h1-3,7,11H. The van der Waals surface area contributed by atoms with Crippen molar-refractivity contribution < 1.29 is 13.9 Å². The Morgan fingerprint density at radius 2 is 2.38 bits per heavy atom. The smallest absolute Gasteiger partial charge is 0.226 e. The van der Waals surface area contributed by atoms with Gasteiger partial charge in [-0.15, -0.1) is 0 Å². The Labute approximate surface area is 82.0 Å². The molecule has 0 spiro atoms. The van der Waals surface area contributed by atoms with E-state index in [9.17, 15) is 9.18 Å². The molecule has 1 heterocycles. The molecule has 0 fully saturated rings. The third-order valence-electron chi connectivity index (χ3n) is 1.67. The highest BCUT2D eigenvalue weighted by Crippen LogP contribution is 2.36. The van der Waals surface area contributed by atoms with Gasteiger partial charge in [0.2, 0.25) is 6.23 Å². The van der Waals surface area contributed by atoms with E-state index in [1.54, 1.807) is 6.07 Å². The van der Waals surface area contributed by atoms with Gasteiger partial charge in [0.1, 0.15) is 0 Å². The summed E-state index contributed by atoms with van der Waals surface area (Å²) >= 11 is 3.13. The lowest BCUT2D eigenvalue weighted by Crippen LogP contribution is -2.21. The second-order valence-corrected chi connectivity index (χ2v) is 3.50. The summed E-state index contributed by atoms with van der Waals surface area (Å²) in [4.78, 5) is 10.4. The molecule has 1 atom stereocenters. The highest BCUT2D eigenvalue weighted by Gasteiger charge is 2.24. The topological polar surface area (TPSA) is 38.3 Å². The number of ether oxygens (including phenoxy) is 1. The van der Waals surface area contributed by atoms with Crippen LogP contribution in [-0.4, -0.2) is 12.5 Å². The molecular formula is C8H5BrFNO2. The Morgan fingerprint density at radius 3 is 3.08 bits per heavy atom. The zero-order valence-corrected chi connectivity index (χ0v) is 7.97. The second-order valence-electron chi connectivity index (χ2n) is 2.58. The molecule has 0 bridgehead atoms. The molecule has 0 saturated heterocycles. The Kier molecular flexibility index (Phi) is 1.95. The van der Waals surface area contributed by atoms with Gasteiger partial charge in [-0.05, 0) is 12.1 Å². The first kappa shape index (κ1) is 8.50. The minimum atomic E-state index is -0.779. The number of benzene rings is 1. The summed E-state index contributed by atoms with van der Waals surface area (Å²) in [5.41, 5.74) is 0.490. The number of rotatable bonds is 1. The third kappa shape index (κ3) is 1.39. The maximum absolute atomic E-state index is 13.2. The van der Waals surface area contributed by atoms with Crippen LogP contribution < -0.4 is 10.1 Å². The summed E-state index contributed by atoms with van der Waals surface area (Å²) in [7, 11) is 0. The third-order valence-corrected chi connectivity index (χ3v) is 2.13. The minimum Gasteiger partial charge on any atom is -0.458 e. The fourth-order valence-electron chi connectivity index (χ4n) is 1.16. The van der Waals surface area contributed by atoms with Gasteiger partial charge in [-0.2, -0.15) is 0 Å². The lowest BCUT2D eigenvalue weighted by molar-refractivity contribution is -0.112. The number of hydrogen-bond acceptors (Lipinski definition) is 3. The average Bonchev–Trinajstić information content (AvgIpc) is 2.47. The summed E-state index contributed by atoms with van der Waals surface area (Å²) in [6.45, 7) is 0. The number of nitrogens with one attached hydrogen (secondary N) is 1. The molecule has 5 heteroatoms. The molecule has 68 valence electrons. The zero-order valence-electron chi connectivity index (χ0n) is 6.38. The van der Waals surface area contributed by atoms with Crippen LogP contribution in [0.1, 0.15) is 0 Å². The Balaban J connectivity index is 2.45. The van der Waals surface area contributed by atoms with Crippen molar-refractivity contribution in [3.8, 4) is 5.75 Å². The molecule has 3 nitrogen and oxygen atoms in total.